The van der Waals surface area contributed by atoms with Crippen LogP contribution in [0.3, 0.4) is 0 Å². The van der Waals surface area contributed by atoms with E-state index in [-0.39, 0.29) is 25.3 Å². The van der Waals surface area contributed by atoms with Gasteiger partial charge in [-0.15, -0.1) is 0 Å². The van der Waals surface area contributed by atoms with Gasteiger partial charge in [-0.1, -0.05) is 26.2 Å². The van der Waals surface area contributed by atoms with E-state index >= 15 is 0 Å². The van der Waals surface area contributed by atoms with Crippen LogP contribution in [0.4, 0.5) is 4.79 Å². The maximum atomic E-state index is 11.8. The first kappa shape index (κ1) is 17.2. The first-order chi connectivity index (χ1) is 9.72. The zero-order chi connectivity index (χ0) is 14.8. The Bertz CT molecular complexity index is 264. The van der Waals surface area contributed by atoms with Crippen molar-refractivity contribution >= 4 is 6.03 Å². The fourth-order valence-electron chi connectivity index (χ4n) is 2.44. The van der Waals surface area contributed by atoms with Crippen LogP contribution in [0, 0.1) is 0 Å². The smallest absolute Gasteiger partial charge is 0.317 e. The first-order valence-electron chi connectivity index (χ1n) is 7.71. The second-order valence-electron chi connectivity index (χ2n) is 5.33. The molecule has 1 aliphatic heterocycles. The molecular formula is C14H29N3O3. The van der Waals surface area contributed by atoms with E-state index in [1.54, 1.807) is 4.90 Å². The van der Waals surface area contributed by atoms with Gasteiger partial charge in [0.1, 0.15) is 0 Å². The number of hydrogen-bond acceptors (Lipinski definition) is 4. The van der Waals surface area contributed by atoms with E-state index in [0.29, 0.717) is 26.2 Å². The highest BCUT2D eigenvalue weighted by Gasteiger charge is 2.34. The predicted octanol–water partition coefficient (Wildman–Crippen LogP) is 0.247. The van der Waals surface area contributed by atoms with Crippen LogP contribution >= 0.6 is 0 Å². The third-order valence-electron chi connectivity index (χ3n) is 3.75. The van der Waals surface area contributed by atoms with Gasteiger partial charge >= 0.3 is 6.03 Å². The molecule has 1 saturated heterocycles. The van der Waals surface area contributed by atoms with E-state index in [4.69, 9.17) is 10.2 Å². The summed E-state index contributed by atoms with van der Waals surface area (Å²) in [6.07, 6.45) is 4.63. The van der Waals surface area contributed by atoms with Gasteiger partial charge in [-0.3, -0.25) is 4.90 Å². The van der Waals surface area contributed by atoms with Crippen molar-refractivity contribution in [3.63, 3.8) is 0 Å². The average molecular weight is 287 g/mol. The van der Waals surface area contributed by atoms with Gasteiger partial charge < -0.3 is 20.4 Å². The van der Waals surface area contributed by atoms with Gasteiger partial charge in [0.2, 0.25) is 0 Å². The second-order valence-corrected chi connectivity index (χ2v) is 5.33. The molecule has 1 aliphatic rings. The molecule has 0 aromatic heterocycles. The summed E-state index contributed by atoms with van der Waals surface area (Å²) >= 11 is 0. The topological polar surface area (TPSA) is 76.0 Å². The molecule has 0 aromatic carbocycles. The van der Waals surface area contributed by atoms with Gasteiger partial charge in [0, 0.05) is 38.8 Å². The fourth-order valence-corrected chi connectivity index (χ4v) is 2.44. The molecule has 0 bridgehead atoms. The van der Waals surface area contributed by atoms with Crippen molar-refractivity contribution < 1.29 is 15.0 Å². The van der Waals surface area contributed by atoms with E-state index in [1.807, 2.05) is 4.90 Å². The lowest BCUT2D eigenvalue weighted by Crippen LogP contribution is -2.63. The standard InChI is InChI=1S/C14H29N3O3/c1-2-3-4-5-6-15-14(20)17-11-13(12-17)16(7-9-18)8-10-19/h13,18-19H,2-12H2,1H3,(H,15,20). The predicted molar refractivity (Wildman–Crippen MR) is 78.6 cm³/mol. The number of carbonyl (C=O) groups excluding carboxylic acids is 1. The molecule has 0 aromatic rings. The number of amides is 2. The summed E-state index contributed by atoms with van der Waals surface area (Å²) in [7, 11) is 0. The molecule has 0 radical (unpaired) electrons. The summed E-state index contributed by atoms with van der Waals surface area (Å²) in [4.78, 5) is 15.7. The molecule has 1 rings (SSSR count). The van der Waals surface area contributed by atoms with Crippen LogP contribution < -0.4 is 5.32 Å². The number of aliphatic hydroxyl groups is 2. The normalized spacial score (nSPS) is 15.5. The maximum absolute atomic E-state index is 11.8. The van der Waals surface area contributed by atoms with Gasteiger partial charge in [-0.25, -0.2) is 4.79 Å². The number of urea groups is 1. The Balaban J connectivity index is 2.14. The van der Waals surface area contributed by atoms with Gasteiger partial charge in [0.15, 0.2) is 0 Å². The molecule has 2 amide bonds. The van der Waals surface area contributed by atoms with Crippen molar-refractivity contribution in [2.75, 3.05) is 45.9 Å². The number of carbonyl (C=O) groups is 1. The molecule has 118 valence electrons. The molecule has 6 nitrogen and oxygen atoms in total. The molecule has 1 heterocycles. The summed E-state index contributed by atoms with van der Waals surface area (Å²) in [6, 6.07) is 0.269. The minimum atomic E-state index is 0.00527. The summed E-state index contributed by atoms with van der Waals surface area (Å²) in [5, 5.41) is 20.9. The zero-order valence-electron chi connectivity index (χ0n) is 12.6. The van der Waals surface area contributed by atoms with Crippen molar-refractivity contribution in [1.82, 2.24) is 15.1 Å². The third-order valence-corrected chi connectivity index (χ3v) is 3.75. The zero-order valence-corrected chi connectivity index (χ0v) is 12.6. The van der Waals surface area contributed by atoms with E-state index in [0.717, 1.165) is 13.0 Å². The molecule has 1 fully saturated rings. The molecule has 20 heavy (non-hydrogen) atoms. The Morgan fingerprint density at radius 3 is 2.40 bits per heavy atom. The number of nitrogens with zero attached hydrogens (tertiary/aromatic N) is 2. The summed E-state index contributed by atoms with van der Waals surface area (Å²) < 4.78 is 0. The molecule has 0 atom stereocenters. The highest BCUT2D eigenvalue weighted by Crippen LogP contribution is 2.14. The SMILES string of the molecule is CCCCCCNC(=O)N1CC(N(CCO)CCO)C1. The third kappa shape index (κ3) is 5.64. The lowest BCUT2D eigenvalue weighted by atomic mass is 10.1. The van der Waals surface area contributed by atoms with Crippen molar-refractivity contribution in [3.05, 3.63) is 0 Å². The summed E-state index contributed by atoms with van der Waals surface area (Å²) in [5.41, 5.74) is 0. The fraction of sp³-hybridized carbons (Fsp3) is 0.929. The number of rotatable bonds is 10. The van der Waals surface area contributed by atoms with E-state index in [1.165, 1.54) is 19.3 Å². The molecule has 0 unspecified atom stereocenters. The van der Waals surface area contributed by atoms with Gasteiger partial charge in [0.05, 0.1) is 13.2 Å². The first-order valence-corrected chi connectivity index (χ1v) is 7.71. The van der Waals surface area contributed by atoms with Crippen molar-refractivity contribution in [2.24, 2.45) is 0 Å². The number of aliphatic hydroxyl groups excluding tert-OH is 2. The monoisotopic (exact) mass is 287 g/mol. The largest absolute Gasteiger partial charge is 0.395 e. The Labute approximate surface area is 121 Å². The quantitative estimate of drug-likeness (QED) is 0.503. The molecule has 0 spiro atoms. The average Bonchev–Trinajstić information content (AvgIpc) is 2.37. The lowest BCUT2D eigenvalue weighted by molar-refractivity contribution is 0.0359. The van der Waals surface area contributed by atoms with Crippen LogP contribution in [0.5, 0.6) is 0 Å². The van der Waals surface area contributed by atoms with Crippen LogP contribution in [0.2, 0.25) is 0 Å². The summed E-state index contributed by atoms with van der Waals surface area (Å²) in [6.45, 7) is 5.55. The summed E-state index contributed by atoms with van der Waals surface area (Å²) in [5.74, 6) is 0. The van der Waals surface area contributed by atoms with Crippen molar-refractivity contribution in [1.29, 1.82) is 0 Å². The van der Waals surface area contributed by atoms with Crippen molar-refractivity contribution in [2.45, 2.75) is 38.6 Å². The number of nitrogens with one attached hydrogen (secondary N) is 1. The Hall–Kier alpha value is -0.850. The van der Waals surface area contributed by atoms with E-state index in [9.17, 15) is 4.79 Å². The van der Waals surface area contributed by atoms with Crippen LogP contribution in [0.1, 0.15) is 32.6 Å². The number of likely N-dealkylation sites (tertiary alicyclic amines) is 1. The molecule has 0 saturated carbocycles. The molecule has 3 N–H and O–H groups in total. The number of unbranched alkanes of at least 4 members (excludes halogenated alkanes) is 3. The van der Waals surface area contributed by atoms with Crippen LogP contribution in [0.15, 0.2) is 0 Å². The minimum Gasteiger partial charge on any atom is -0.395 e. The molecule has 0 aliphatic carbocycles. The highest BCUT2D eigenvalue weighted by atomic mass is 16.3. The van der Waals surface area contributed by atoms with Crippen LogP contribution in [-0.2, 0) is 0 Å². The number of hydrogen-bond donors (Lipinski definition) is 3. The van der Waals surface area contributed by atoms with Crippen molar-refractivity contribution in [3.8, 4) is 0 Å². The second kappa shape index (κ2) is 9.96. The van der Waals surface area contributed by atoms with Crippen LogP contribution in [0.25, 0.3) is 0 Å². The lowest BCUT2D eigenvalue weighted by Gasteiger charge is -2.45. The van der Waals surface area contributed by atoms with Crippen LogP contribution in [-0.4, -0.2) is 78.0 Å². The molecular weight excluding hydrogens is 258 g/mol. The molecule has 6 heteroatoms. The minimum absolute atomic E-state index is 0.00527. The van der Waals surface area contributed by atoms with Gasteiger partial charge in [0.25, 0.3) is 0 Å². The Morgan fingerprint density at radius 2 is 1.85 bits per heavy atom. The Kier molecular flexibility index (Phi) is 8.57. The maximum Gasteiger partial charge on any atom is 0.317 e. The Morgan fingerprint density at radius 1 is 1.20 bits per heavy atom. The van der Waals surface area contributed by atoms with Gasteiger partial charge in [-0.2, -0.15) is 0 Å². The van der Waals surface area contributed by atoms with E-state index in [2.05, 4.69) is 12.2 Å². The van der Waals surface area contributed by atoms with E-state index < -0.39 is 0 Å². The van der Waals surface area contributed by atoms with Gasteiger partial charge in [-0.05, 0) is 6.42 Å². The highest BCUT2D eigenvalue weighted by molar-refractivity contribution is 5.75.